The number of benzene rings is 2. The number of ether oxygens (including phenoxy) is 1. The Labute approximate surface area is 194 Å². The van der Waals surface area contributed by atoms with Crippen molar-refractivity contribution in [2.45, 2.75) is 44.5 Å². The molecule has 1 unspecified atom stereocenters. The SMILES string of the molecule is C[C@@H](O)[C@H](NC1CCc2cc(C#Cc3ccc(CN4CCOCC4)cc3)ccc21)C(=O)NO. The smallest absolute Gasteiger partial charge is 0.263 e. The minimum absolute atomic E-state index is 0.0575. The van der Waals surface area contributed by atoms with Crippen molar-refractivity contribution in [3.8, 4) is 11.8 Å². The van der Waals surface area contributed by atoms with Crippen LogP contribution in [0.5, 0.6) is 0 Å². The molecule has 2 aromatic carbocycles. The van der Waals surface area contributed by atoms with Gasteiger partial charge in [-0.1, -0.05) is 30.0 Å². The second-order valence-corrected chi connectivity index (χ2v) is 8.70. The quantitative estimate of drug-likeness (QED) is 0.305. The zero-order chi connectivity index (χ0) is 23.2. The number of aliphatic hydroxyl groups is 1. The first kappa shape index (κ1) is 23.4. The second-order valence-electron chi connectivity index (χ2n) is 8.70. The Balaban J connectivity index is 1.39. The second kappa shape index (κ2) is 10.9. The number of rotatable bonds is 6. The lowest BCUT2D eigenvalue weighted by atomic mass is 10.0. The molecule has 0 bridgehead atoms. The van der Waals surface area contributed by atoms with E-state index in [0.29, 0.717) is 0 Å². The Morgan fingerprint density at radius 2 is 1.85 bits per heavy atom. The summed E-state index contributed by atoms with van der Waals surface area (Å²) in [6, 6.07) is 13.6. The largest absolute Gasteiger partial charge is 0.391 e. The molecule has 4 N–H and O–H groups in total. The molecule has 3 atom stereocenters. The summed E-state index contributed by atoms with van der Waals surface area (Å²) in [7, 11) is 0. The van der Waals surface area contributed by atoms with E-state index in [1.165, 1.54) is 18.1 Å². The van der Waals surface area contributed by atoms with Gasteiger partial charge in [0.05, 0.1) is 19.3 Å². The third kappa shape index (κ3) is 5.99. The zero-order valence-corrected chi connectivity index (χ0v) is 18.9. The highest BCUT2D eigenvalue weighted by atomic mass is 16.5. The lowest BCUT2D eigenvalue weighted by Gasteiger charge is -2.26. The molecule has 4 rings (SSSR count). The highest BCUT2D eigenvalue weighted by molar-refractivity contribution is 5.81. The summed E-state index contributed by atoms with van der Waals surface area (Å²) in [5, 5.41) is 22.0. The van der Waals surface area contributed by atoms with Crippen LogP contribution in [0.3, 0.4) is 0 Å². The van der Waals surface area contributed by atoms with Crippen molar-refractivity contribution in [3.63, 3.8) is 0 Å². The van der Waals surface area contributed by atoms with Gasteiger partial charge in [0.25, 0.3) is 5.91 Å². The fraction of sp³-hybridized carbons (Fsp3) is 0.423. The van der Waals surface area contributed by atoms with E-state index in [1.807, 2.05) is 12.1 Å². The summed E-state index contributed by atoms with van der Waals surface area (Å²) < 4.78 is 5.41. The minimum atomic E-state index is -0.924. The molecule has 1 amide bonds. The zero-order valence-electron chi connectivity index (χ0n) is 18.9. The number of hydroxylamine groups is 1. The van der Waals surface area contributed by atoms with Crippen LogP contribution in [0.25, 0.3) is 0 Å². The van der Waals surface area contributed by atoms with Gasteiger partial charge < -0.3 is 9.84 Å². The van der Waals surface area contributed by atoms with Crippen molar-refractivity contribution >= 4 is 5.91 Å². The average molecular weight is 450 g/mol. The molecule has 0 spiro atoms. The van der Waals surface area contributed by atoms with Crippen LogP contribution >= 0.6 is 0 Å². The van der Waals surface area contributed by atoms with Gasteiger partial charge in [0.2, 0.25) is 0 Å². The summed E-state index contributed by atoms with van der Waals surface area (Å²) in [6.45, 7) is 6.03. The number of nitrogens with zero attached hydrogens (tertiary/aromatic N) is 1. The number of hydrogen-bond acceptors (Lipinski definition) is 6. The number of morpholine rings is 1. The monoisotopic (exact) mass is 449 g/mol. The van der Waals surface area contributed by atoms with Gasteiger partial charge in [0, 0.05) is 36.8 Å². The van der Waals surface area contributed by atoms with Crippen LogP contribution in [0.1, 0.15) is 47.2 Å². The number of aliphatic hydroxyl groups excluding tert-OH is 1. The van der Waals surface area contributed by atoms with E-state index in [9.17, 15) is 9.90 Å². The highest BCUT2D eigenvalue weighted by Crippen LogP contribution is 2.32. The Kier molecular flexibility index (Phi) is 7.76. The van der Waals surface area contributed by atoms with Crippen LogP contribution in [0.4, 0.5) is 0 Å². The van der Waals surface area contributed by atoms with Gasteiger partial charge in [0.15, 0.2) is 0 Å². The number of amides is 1. The first-order valence-electron chi connectivity index (χ1n) is 11.5. The van der Waals surface area contributed by atoms with E-state index in [0.717, 1.165) is 62.4 Å². The summed E-state index contributed by atoms with van der Waals surface area (Å²) in [6.07, 6.45) is 0.761. The van der Waals surface area contributed by atoms with Gasteiger partial charge in [-0.2, -0.15) is 0 Å². The maximum Gasteiger partial charge on any atom is 0.263 e. The maximum absolute atomic E-state index is 11.8. The normalized spacial score (nSPS) is 19.8. The fourth-order valence-corrected chi connectivity index (χ4v) is 4.44. The van der Waals surface area contributed by atoms with Gasteiger partial charge in [-0.15, -0.1) is 0 Å². The van der Waals surface area contributed by atoms with Gasteiger partial charge in [0.1, 0.15) is 6.04 Å². The molecule has 1 aliphatic carbocycles. The molecular weight excluding hydrogens is 418 g/mol. The molecule has 2 aromatic rings. The molecule has 1 aliphatic heterocycles. The number of aryl methyl sites for hydroxylation is 1. The highest BCUT2D eigenvalue weighted by Gasteiger charge is 2.30. The van der Waals surface area contributed by atoms with Gasteiger partial charge in [-0.05, 0) is 60.7 Å². The summed E-state index contributed by atoms with van der Waals surface area (Å²) >= 11 is 0. The Hall–Kier alpha value is -2.73. The number of fused-ring (bicyclic) bond motifs is 1. The maximum atomic E-state index is 11.8. The third-order valence-corrected chi connectivity index (χ3v) is 6.29. The van der Waals surface area contributed by atoms with Gasteiger partial charge >= 0.3 is 0 Å². The predicted octanol–water partition coefficient (Wildman–Crippen LogP) is 1.75. The molecule has 174 valence electrons. The Morgan fingerprint density at radius 3 is 2.55 bits per heavy atom. The fourth-order valence-electron chi connectivity index (χ4n) is 4.44. The van der Waals surface area contributed by atoms with Crippen molar-refractivity contribution in [1.29, 1.82) is 0 Å². The molecule has 1 fully saturated rings. The van der Waals surface area contributed by atoms with Crippen molar-refractivity contribution in [2.24, 2.45) is 0 Å². The van der Waals surface area contributed by atoms with Crippen LogP contribution in [-0.4, -0.2) is 59.6 Å². The molecule has 0 radical (unpaired) electrons. The molecule has 2 aliphatic rings. The van der Waals surface area contributed by atoms with Crippen LogP contribution in [0, 0.1) is 11.8 Å². The molecule has 7 heteroatoms. The number of carbonyl (C=O) groups is 1. The number of carbonyl (C=O) groups excluding carboxylic acids is 1. The minimum Gasteiger partial charge on any atom is -0.391 e. The Morgan fingerprint density at radius 1 is 1.15 bits per heavy atom. The summed E-state index contributed by atoms with van der Waals surface area (Å²) in [5.41, 5.74) is 7.13. The lowest BCUT2D eigenvalue weighted by Crippen LogP contribution is -2.50. The molecule has 1 saturated heterocycles. The van der Waals surface area contributed by atoms with Crippen LogP contribution in [0.15, 0.2) is 42.5 Å². The first-order chi connectivity index (χ1) is 16.0. The molecule has 0 aromatic heterocycles. The first-order valence-corrected chi connectivity index (χ1v) is 11.5. The van der Waals surface area contributed by atoms with Crippen molar-refractivity contribution in [1.82, 2.24) is 15.7 Å². The van der Waals surface area contributed by atoms with Gasteiger partial charge in [-0.25, -0.2) is 5.48 Å². The van der Waals surface area contributed by atoms with Crippen molar-refractivity contribution < 1.29 is 19.8 Å². The lowest BCUT2D eigenvalue weighted by molar-refractivity contribution is -0.134. The van der Waals surface area contributed by atoms with E-state index >= 15 is 0 Å². The molecule has 0 saturated carbocycles. The molecule has 7 nitrogen and oxygen atoms in total. The van der Waals surface area contributed by atoms with E-state index in [-0.39, 0.29) is 6.04 Å². The average Bonchev–Trinajstić information content (AvgIpc) is 3.24. The van der Waals surface area contributed by atoms with Crippen LogP contribution < -0.4 is 10.8 Å². The summed E-state index contributed by atoms with van der Waals surface area (Å²) in [5.74, 6) is 5.87. The van der Waals surface area contributed by atoms with Crippen molar-refractivity contribution in [3.05, 3.63) is 70.3 Å². The van der Waals surface area contributed by atoms with E-state index in [2.05, 4.69) is 52.4 Å². The molecule has 1 heterocycles. The van der Waals surface area contributed by atoms with Crippen LogP contribution in [-0.2, 0) is 22.5 Å². The topological polar surface area (TPSA) is 94.1 Å². The molecular formula is C26H31N3O4. The van der Waals surface area contributed by atoms with E-state index < -0.39 is 18.1 Å². The van der Waals surface area contributed by atoms with E-state index in [4.69, 9.17) is 9.94 Å². The predicted molar refractivity (Wildman–Crippen MR) is 125 cm³/mol. The van der Waals surface area contributed by atoms with Crippen LogP contribution in [0.2, 0.25) is 0 Å². The van der Waals surface area contributed by atoms with E-state index in [1.54, 1.807) is 5.48 Å². The van der Waals surface area contributed by atoms with Gasteiger partial charge in [-0.3, -0.25) is 20.2 Å². The number of nitrogens with one attached hydrogen (secondary N) is 2. The Bertz CT molecular complexity index is 1020. The third-order valence-electron chi connectivity index (χ3n) is 6.29. The number of hydrogen-bond donors (Lipinski definition) is 4. The molecule has 33 heavy (non-hydrogen) atoms. The summed E-state index contributed by atoms with van der Waals surface area (Å²) in [4.78, 5) is 14.2. The van der Waals surface area contributed by atoms with Crippen molar-refractivity contribution in [2.75, 3.05) is 26.3 Å². The standard InChI is InChI=1S/C26H31N3O4/c1-18(30)25(26(31)28-32)27-24-11-9-22-16-20(8-10-23(22)24)5-2-19-3-6-21(7-4-19)17-29-12-14-33-15-13-29/h3-4,6-8,10,16,18,24-25,27,30,32H,9,11-15,17H2,1H3,(H,28,31)/t18-,24?,25+/m1/s1.